The van der Waals surface area contributed by atoms with E-state index >= 15 is 0 Å². The fourth-order valence-corrected chi connectivity index (χ4v) is 1.41. The van der Waals surface area contributed by atoms with Gasteiger partial charge in [0.05, 0.1) is 11.1 Å². The molecule has 6 heteroatoms. The Balaban J connectivity index is 2.25. The molecule has 1 aromatic carbocycles. The normalized spacial score (nSPS) is 14.1. The van der Waals surface area contributed by atoms with E-state index in [0.717, 1.165) is 0 Å². The van der Waals surface area contributed by atoms with Crippen molar-refractivity contribution in [1.29, 1.82) is 0 Å². The van der Waals surface area contributed by atoms with Crippen LogP contribution in [0.4, 0.5) is 0 Å². The summed E-state index contributed by atoms with van der Waals surface area (Å²) < 4.78 is 0. The van der Waals surface area contributed by atoms with Crippen LogP contribution in [0.2, 0.25) is 0 Å². The van der Waals surface area contributed by atoms with Gasteiger partial charge in [0.2, 0.25) is 5.91 Å². The van der Waals surface area contributed by atoms with E-state index in [4.69, 9.17) is 10.6 Å². The summed E-state index contributed by atoms with van der Waals surface area (Å²) in [5, 5.41) is 0.551. The van der Waals surface area contributed by atoms with Crippen LogP contribution in [0, 0.1) is 0 Å². The summed E-state index contributed by atoms with van der Waals surface area (Å²) in [4.78, 5) is 38.5. The molecule has 0 saturated carbocycles. The Labute approximate surface area is 90.5 Å². The van der Waals surface area contributed by atoms with Gasteiger partial charge in [-0.05, 0) is 12.1 Å². The van der Waals surface area contributed by atoms with Crippen LogP contribution in [0.3, 0.4) is 0 Å². The fourth-order valence-electron chi connectivity index (χ4n) is 1.41. The molecule has 0 atom stereocenters. The van der Waals surface area contributed by atoms with E-state index in [1.165, 1.54) is 12.1 Å². The Hall–Kier alpha value is -2.21. The van der Waals surface area contributed by atoms with Crippen molar-refractivity contribution in [2.75, 3.05) is 6.61 Å². The molecular weight excluding hydrogens is 212 g/mol. The van der Waals surface area contributed by atoms with Crippen molar-refractivity contribution < 1.29 is 19.2 Å². The predicted octanol–water partition coefficient (Wildman–Crippen LogP) is -0.300. The van der Waals surface area contributed by atoms with E-state index in [-0.39, 0.29) is 11.1 Å². The highest BCUT2D eigenvalue weighted by molar-refractivity contribution is 6.20. The van der Waals surface area contributed by atoms with E-state index in [2.05, 4.69) is 0 Å². The van der Waals surface area contributed by atoms with Crippen molar-refractivity contribution >= 4 is 17.7 Å². The van der Waals surface area contributed by atoms with E-state index in [1.54, 1.807) is 12.1 Å². The molecule has 0 bridgehead atoms. The Morgan fingerprint density at radius 3 is 2.12 bits per heavy atom. The number of imide groups is 1. The number of fused-ring (bicyclic) bond motifs is 1. The molecule has 3 amide bonds. The Kier molecular flexibility index (Phi) is 2.41. The maximum atomic E-state index is 11.6. The van der Waals surface area contributed by atoms with E-state index in [1.807, 2.05) is 0 Å². The minimum absolute atomic E-state index is 0.261. The largest absolute Gasteiger partial charge is 0.368 e. The van der Waals surface area contributed by atoms with Crippen LogP contribution >= 0.6 is 0 Å². The molecule has 0 saturated heterocycles. The van der Waals surface area contributed by atoms with Crippen LogP contribution < -0.4 is 5.73 Å². The number of benzene rings is 1. The molecule has 1 aliphatic rings. The molecule has 0 aromatic heterocycles. The minimum Gasteiger partial charge on any atom is -0.368 e. The molecule has 1 aliphatic heterocycles. The Bertz CT molecular complexity index is 448. The number of primary amides is 1. The van der Waals surface area contributed by atoms with E-state index in [9.17, 15) is 14.4 Å². The first-order valence-corrected chi connectivity index (χ1v) is 4.50. The standard InChI is InChI=1S/C10H8N2O4/c11-8(13)5-16-12-9(14)6-3-1-2-4-7(6)10(12)15/h1-4H,5H2,(H2,11,13). The third kappa shape index (κ3) is 1.55. The Morgan fingerprint density at radius 2 is 1.69 bits per heavy atom. The van der Waals surface area contributed by atoms with Gasteiger partial charge in [-0.15, -0.1) is 5.06 Å². The number of nitrogens with zero attached hydrogens (tertiary/aromatic N) is 1. The quantitative estimate of drug-likeness (QED) is 0.708. The van der Waals surface area contributed by atoms with Crippen LogP contribution in [0.1, 0.15) is 20.7 Å². The van der Waals surface area contributed by atoms with E-state index in [0.29, 0.717) is 5.06 Å². The van der Waals surface area contributed by atoms with Crippen LogP contribution in [0.5, 0.6) is 0 Å². The molecular formula is C10H8N2O4. The molecule has 16 heavy (non-hydrogen) atoms. The molecule has 0 unspecified atom stereocenters. The lowest BCUT2D eigenvalue weighted by Crippen LogP contribution is -2.33. The van der Waals surface area contributed by atoms with Gasteiger partial charge in [0.25, 0.3) is 11.8 Å². The average molecular weight is 220 g/mol. The van der Waals surface area contributed by atoms with Crippen LogP contribution in [0.25, 0.3) is 0 Å². The van der Waals surface area contributed by atoms with Crippen molar-refractivity contribution in [1.82, 2.24) is 5.06 Å². The Morgan fingerprint density at radius 1 is 1.19 bits per heavy atom. The summed E-state index contributed by atoms with van der Waals surface area (Å²) in [6, 6.07) is 6.32. The lowest BCUT2D eigenvalue weighted by Gasteiger charge is -2.11. The number of carbonyl (C=O) groups excluding carboxylic acids is 3. The van der Waals surface area contributed by atoms with Crippen molar-refractivity contribution in [3.63, 3.8) is 0 Å². The average Bonchev–Trinajstić information content (AvgIpc) is 2.50. The van der Waals surface area contributed by atoms with Gasteiger partial charge in [-0.2, -0.15) is 0 Å². The molecule has 2 rings (SSSR count). The second-order valence-electron chi connectivity index (χ2n) is 3.19. The second kappa shape index (κ2) is 3.74. The number of carbonyl (C=O) groups is 3. The zero-order chi connectivity index (χ0) is 11.7. The highest BCUT2D eigenvalue weighted by Gasteiger charge is 2.36. The first-order valence-electron chi connectivity index (χ1n) is 4.50. The summed E-state index contributed by atoms with van der Waals surface area (Å²) in [5.74, 6) is -1.92. The maximum absolute atomic E-state index is 11.6. The zero-order valence-corrected chi connectivity index (χ0v) is 8.17. The summed E-state index contributed by atoms with van der Waals surface area (Å²) >= 11 is 0. The summed E-state index contributed by atoms with van der Waals surface area (Å²) in [5.41, 5.74) is 5.38. The SMILES string of the molecule is NC(=O)CON1C(=O)c2ccccc2C1=O. The number of hydrogen-bond donors (Lipinski definition) is 1. The lowest BCUT2D eigenvalue weighted by atomic mass is 10.1. The topological polar surface area (TPSA) is 89.7 Å². The predicted molar refractivity (Wildman–Crippen MR) is 52.1 cm³/mol. The highest BCUT2D eigenvalue weighted by Crippen LogP contribution is 2.22. The van der Waals surface area contributed by atoms with Crippen LogP contribution in [-0.2, 0) is 9.63 Å². The van der Waals surface area contributed by atoms with Gasteiger partial charge >= 0.3 is 0 Å². The number of amides is 3. The third-order valence-corrected chi connectivity index (χ3v) is 2.09. The van der Waals surface area contributed by atoms with Crippen molar-refractivity contribution in [3.8, 4) is 0 Å². The highest BCUT2D eigenvalue weighted by atomic mass is 16.7. The summed E-state index contributed by atoms with van der Waals surface area (Å²) in [6.07, 6.45) is 0. The third-order valence-electron chi connectivity index (χ3n) is 2.09. The molecule has 2 N–H and O–H groups in total. The summed E-state index contributed by atoms with van der Waals surface area (Å²) in [7, 11) is 0. The van der Waals surface area contributed by atoms with Gasteiger partial charge in [-0.3, -0.25) is 19.2 Å². The van der Waals surface area contributed by atoms with Crippen molar-refractivity contribution in [2.24, 2.45) is 5.73 Å². The van der Waals surface area contributed by atoms with Gasteiger partial charge in [0.1, 0.15) is 0 Å². The molecule has 0 aliphatic carbocycles. The van der Waals surface area contributed by atoms with E-state index < -0.39 is 24.3 Å². The molecule has 82 valence electrons. The number of rotatable bonds is 3. The minimum atomic E-state index is -0.753. The molecule has 0 fully saturated rings. The van der Waals surface area contributed by atoms with Gasteiger partial charge in [0, 0.05) is 0 Å². The first-order chi connectivity index (χ1) is 7.61. The fraction of sp³-hybridized carbons (Fsp3) is 0.100. The van der Waals surface area contributed by atoms with Crippen LogP contribution in [-0.4, -0.2) is 29.4 Å². The van der Waals surface area contributed by atoms with Gasteiger partial charge in [0.15, 0.2) is 6.61 Å². The molecule has 6 nitrogen and oxygen atoms in total. The number of nitrogens with two attached hydrogens (primary N) is 1. The molecule has 1 aromatic rings. The number of hydroxylamine groups is 2. The summed E-state index contributed by atoms with van der Waals surface area (Å²) in [6.45, 7) is -0.508. The molecule has 0 spiro atoms. The zero-order valence-electron chi connectivity index (χ0n) is 8.17. The number of hydrogen-bond acceptors (Lipinski definition) is 4. The lowest BCUT2D eigenvalue weighted by molar-refractivity contribution is -0.136. The van der Waals surface area contributed by atoms with Gasteiger partial charge < -0.3 is 5.73 Å². The molecule has 0 radical (unpaired) electrons. The monoisotopic (exact) mass is 220 g/mol. The smallest absolute Gasteiger partial charge is 0.285 e. The second-order valence-corrected chi connectivity index (χ2v) is 3.19. The van der Waals surface area contributed by atoms with Gasteiger partial charge in [-0.1, -0.05) is 12.1 Å². The van der Waals surface area contributed by atoms with Crippen molar-refractivity contribution in [2.45, 2.75) is 0 Å². The van der Waals surface area contributed by atoms with Gasteiger partial charge in [-0.25, -0.2) is 0 Å². The maximum Gasteiger partial charge on any atom is 0.285 e. The first kappa shape index (κ1) is 10.3. The molecule has 1 heterocycles. The van der Waals surface area contributed by atoms with Crippen molar-refractivity contribution in [3.05, 3.63) is 35.4 Å². The van der Waals surface area contributed by atoms with Crippen LogP contribution in [0.15, 0.2) is 24.3 Å².